The Morgan fingerprint density at radius 1 is 1.42 bits per heavy atom. The van der Waals surface area contributed by atoms with E-state index in [1.54, 1.807) is 0 Å². The molecule has 2 atom stereocenters. The third kappa shape index (κ3) is 2.35. The Hall–Kier alpha value is -1.84. The quantitative estimate of drug-likeness (QED) is 0.847. The summed E-state index contributed by atoms with van der Waals surface area (Å²) in [5.74, 6) is -0.413. The summed E-state index contributed by atoms with van der Waals surface area (Å²) in [5, 5.41) is 2.90. The van der Waals surface area contributed by atoms with E-state index in [4.69, 9.17) is 4.74 Å². The molecule has 1 heterocycles. The van der Waals surface area contributed by atoms with Crippen LogP contribution in [0.5, 0.6) is 0 Å². The highest BCUT2D eigenvalue weighted by atomic mass is 16.5. The van der Waals surface area contributed by atoms with Gasteiger partial charge in [0, 0.05) is 5.69 Å². The van der Waals surface area contributed by atoms with Crippen LogP contribution in [0.2, 0.25) is 0 Å². The Labute approximate surface area is 113 Å². The summed E-state index contributed by atoms with van der Waals surface area (Å²) in [6.07, 6.45) is 1.26. The summed E-state index contributed by atoms with van der Waals surface area (Å²) in [7, 11) is 1.39. The fourth-order valence-corrected chi connectivity index (χ4v) is 2.53. The zero-order valence-electron chi connectivity index (χ0n) is 11.5. The molecule has 0 radical (unpaired) electrons. The van der Waals surface area contributed by atoms with Gasteiger partial charge in [-0.1, -0.05) is 25.1 Å². The predicted octanol–water partition coefficient (Wildman–Crippen LogP) is 2.49. The van der Waals surface area contributed by atoms with Gasteiger partial charge in [-0.05, 0) is 31.4 Å². The highest BCUT2D eigenvalue weighted by Gasteiger charge is 2.42. The number of fused-ring (bicyclic) bond motifs is 1. The van der Waals surface area contributed by atoms with Crippen molar-refractivity contribution in [1.29, 1.82) is 0 Å². The molecule has 1 aliphatic rings. The predicted molar refractivity (Wildman–Crippen MR) is 72.8 cm³/mol. The average Bonchev–Trinajstić information content (AvgIpc) is 2.68. The minimum absolute atomic E-state index is 0.00534. The molecule has 19 heavy (non-hydrogen) atoms. The van der Waals surface area contributed by atoms with Crippen LogP contribution in [0.3, 0.4) is 0 Å². The lowest BCUT2D eigenvalue weighted by atomic mass is 9.78. The lowest BCUT2D eigenvalue weighted by Crippen LogP contribution is -2.32. The van der Waals surface area contributed by atoms with E-state index in [9.17, 15) is 9.59 Å². The van der Waals surface area contributed by atoms with Crippen molar-refractivity contribution < 1.29 is 14.3 Å². The number of para-hydroxylation sites is 1. The van der Waals surface area contributed by atoms with Gasteiger partial charge in [0.25, 0.3) is 0 Å². The number of esters is 1. The van der Waals surface area contributed by atoms with E-state index in [0.29, 0.717) is 12.8 Å². The summed E-state index contributed by atoms with van der Waals surface area (Å²) in [5.41, 5.74) is 1.33. The van der Waals surface area contributed by atoms with Crippen LogP contribution in [0.25, 0.3) is 0 Å². The Morgan fingerprint density at radius 3 is 2.79 bits per heavy atom. The second kappa shape index (κ2) is 5.03. The van der Waals surface area contributed by atoms with Crippen LogP contribution in [0, 0.1) is 5.92 Å². The van der Waals surface area contributed by atoms with Gasteiger partial charge >= 0.3 is 5.97 Å². The molecule has 0 spiro atoms. The fourth-order valence-electron chi connectivity index (χ4n) is 2.53. The summed E-state index contributed by atoms with van der Waals surface area (Å²) in [6.45, 7) is 3.76. The SMILES string of the molecule is COC(=O)C(C)CCC1(C)C(=O)Nc2ccccc21. The number of carbonyl (C=O) groups is 2. The van der Waals surface area contributed by atoms with E-state index < -0.39 is 5.41 Å². The molecule has 4 nitrogen and oxygen atoms in total. The maximum atomic E-state index is 12.2. The Kier molecular flexibility index (Phi) is 3.60. The molecule has 1 aromatic rings. The summed E-state index contributed by atoms with van der Waals surface area (Å²) >= 11 is 0. The summed E-state index contributed by atoms with van der Waals surface area (Å²) in [4.78, 5) is 23.6. The normalized spacial score (nSPS) is 22.6. The molecule has 1 aliphatic heterocycles. The van der Waals surface area contributed by atoms with E-state index in [-0.39, 0.29) is 17.8 Å². The van der Waals surface area contributed by atoms with Gasteiger partial charge in [0.15, 0.2) is 0 Å². The number of ether oxygens (including phenoxy) is 1. The number of nitrogens with one attached hydrogen (secondary N) is 1. The lowest BCUT2D eigenvalue weighted by molar-refractivity contribution is -0.145. The fraction of sp³-hybridized carbons (Fsp3) is 0.467. The number of methoxy groups -OCH3 is 1. The monoisotopic (exact) mass is 261 g/mol. The van der Waals surface area contributed by atoms with Gasteiger partial charge in [0.2, 0.25) is 5.91 Å². The first-order valence-electron chi connectivity index (χ1n) is 6.48. The van der Waals surface area contributed by atoms with E-state index >= 15 is 0 Å². The molecule has 4 heteroatoms. The molecule has 0 fully saturated rings. The molecular weight excluding hydrogens is 242 g/mol. The largest absolute Gasteiger partial charge is 0.469 e. The molecule has 0 bridgehead atoms. The molecule has 1 amide bonds. The minimum Gasteiger partial charge on any atom is -0.469 e. The first-order valence-corrected chi connectivity index (χ1v) is 6.48. The maximum Gasteiger partial charge on any atom is 0.308 e. The van der Waals surface area contributed by atoms with E-state index in [2.05, 4.69) is 5.32 Å². The van der Waals surface area contributed by atoms with Crippen molar-refractivity contribution in [1.82, 2.24) is 0 Å². The second-order valence-electron chi connectivity index (χ2n) is 5.29. The standard InChI is InChI=1S/C15H19NO3/c1-10(13(17)19-3)8-9-15(2)11-6-4-5-7-12(11)16-14(15)18/h4-7,10H,8-9H2,1-3H3,(H,16,18). The van der Waals surface area contributed by atoms with E-state index in [0.717, 1.165) is 11.3 Å². The van der Waals surface area contributed by atoms with Crippen LogP contribution in [-0.4, -0.2) is 19.0 Å². The van der Waals surface area contributed by atoms with Crippen LogP contribution < -0.4 is 5.32 Å². The van der Waals surface area contributed by atoms with Crippen molar-refractivity contribution in [3.8, 4) is 0 Å². The highest BCUT2D eigenvalue weighted by Crippen LogP contribution is 2.41. The van der Waals surface area contributed by atoms with Crippen molar-refractivity contribution in [3.05, 3.63) is 29.8 Å². The Balaban J connectivity index is 2.15. The molecule has 102 valence electrons. The van der Waals surface area contributed by atoms with Gasteiger partial charge < -0.3 is 10.1 Å². The molecule has 2 unspecified atom stereocenters. The first kappa shape index (κ1) is 13.6. The highest BCUT2D eigenvalue weighted by molar-refractivity contribution is 6.05. The zero-order chi connectivity index (χ0) is 14.0. The van der Waals surface area contributed by atoms with Crippen LogP contribution in [0.4, 0.5) is 5.69 Å². The summed E-state index contributed by atoms with van der Waals surface area (Å²) in [6, 6.07) is 7.71. The van der Waals surface area contributed by atoms with Gasteiger partial charge in [-0.25, -0.2) is 0 Å². The number of anilines is 1. The van der Waals surface area contributed by atoms with Crippen LogP contribution in [0.1, 0.15) is 32.3 Å². The molecule has 0 saturated carbocycles. The van der Waals surface area contributed by atoms with E-state index in [1.807, 2.05) is 38.1 Å². The number of hydrogen-bond acceptors (Lipinski definition) is 3. The molecule has 0 saturated heterocycles. The molecule has 1 aromatic carbocycles. The van der Waals surface area contributed by atoms with Gasteiger partial charge in [-0.3, -0.25) is 9.59 Å². The van der Waals surface area contributed by atoms with Gasteiger partial charge in [-0.2, -0.15) is 0 Å². The van der Waals surface area contributed by atoms with Crippen molar-refractivity contribution in [2.24, 2.45) is 5.92 Å². The lowest BCUT2D eigenvalue weighted by Gasteiger charge is -2.23. The molecule has 0 aliphatic carbocycles. The minimum atomic E-state index is -0.557. The topological polar surface area (TPSA) is 55.4 Å². The second-order valence-corrected chi connectivity index (χ2v) is 5.29. The number of carbonyl (C=O) groups excluding carboxylic acids is 2. The van der Waals surface area contributed by atoms with E-state index in [1.165, 1.54) is 7.11 Å². The Bertz CT molecular complexity index is 512. The van der Waals surface area contributed by atoms with Crippen molar-refractivity contribution >= 4 is 17.6 Å². The Morgan fingerprint density at radius 2 is 2.11 bits per heavy atom. The average molecular weight is 261 g/mol. The van der Waals surface area contributed by atoms with Crippen LogP contribution >= 0.6 is 0 Å². The molecule has 2 rings (SSSR count). The zero-order valence-corrected chi connectivity index (χ0v) is 11.5. The summed E-state index contributed by atoms with van der Waals surface area (Å²) < 4.78 is 4.72. The van der Waals surface area contributed by atoms with Gasteiger partial charge in [0.1, 0.15) is 0 Å². The number of hydrogen-bond donors (Lipinski definition) is 1. The van der Waals surface area contributed by atoms with Gasteiger partial charge in [-0.15, -0.1) is 0 Å². The molecule has 1 N–H and O–H groups in total. The third-order valence-corrected chi connectivity index (χ3v) is 3.95. The molecular formula is C15H19NO3. The van der Waals surface area contributed by atoms with Crippen LogP contribution in [-0.2, 0) is 19.7 Å². The molecule has 0 aromatic heterocycles. The smallest absolute Gasteiger partial charge is 0.308 e. The first-order chi connectivity index (χ1) is 8.99. The third-order valence-electron chi connectivity index (χ3n) is 3.95. The van der Waals surface area contributed by atoms with Crippen LogP contribution in [0.15, 0.2) is 24.3 Å². The number of amides is 1. The number of benzene rings is 1. The van der Waals surface area contributed by atoms with Gasteiger partial charge in [0.05, 0.1) is 18.4 Å². The van der Waals surface area contributed by atoms with Crippen molar-refractivity contribution in [3.63, 3.8) is 0 Å². The number of rotatable bonds is 4. The maximum absolute atomic E-state index is 12.2. The van der Waals surface area contributed by atoms with Crippen molar-refractivity contribution in [2.75, 3.05) is 12.4 Å². The van der Waals surface area contributed by atoms with Crippen molar-refractivity contribution in [2.45, 2.75) is 32.1 Å².